The Morgan fingerprint density at radius 1 is 1.42 bits per heavy atom. The molecule has 1 atom stereocenters. The van der Waals surface area contributed by atoms with E-state index in [1.165, 1.54) is 19.2 Å². The molecule has 4 nitrogen and oxygen atoms in total. The molecule has 0 aliphatic carbocycles. The standard InChI is InChI=1S/C14H19FN2O2/c1-9(2)17-5-4-13(14(17)18)16-11-6-10(15)7-12(8-11)19-3/h6-9,13,16H,4-5H2,1-3H3/t13-/m0/s1. The number of rotatable bonds is 4. The van der Waals surface area contributed by atoms with Crippen molar-refractivity contribution >= 4 is 11.6 Å². The van der Waals surface area contributed by atoms with Crippen LogP contribution in [0.5, 0.6) is 5.75 Å². The van der Waals surface area contributed by atoms with E-state index < -0.39 is 0 Å². The third-order valence-electron chi connectivity index (χ3n) is 3.31. The van der Waals surface area contributed by atoms with Crippen molar-refractivity contribution < 1.29 is 13.9 Å². The summed E-state index contributed by atoms with van der Waals surface area (Å²) in [5, 5.41) is 3.08. The molecule has 1 heterocycles. The molecule has 5 heteroatoms. The van der Waals surface area contributed by atoms with Crippen LogP contribution < -0.4 is 10.1 Å². The predicted octanol–water partition coefficient (Wildman–Crippen LogP) is 2.26. The van der Waals surface area contributed by atoms with Gasteiger partial charge in [0.25, 0.3) is 0 Å². The molecule has 0 spiro atoms. The maximum atomic E-state index is 13.4. The summed E-state index contributed by atoms with van der Waals surface area (Å²) < 4.78 is 18.4. The molecule has 1 saturated heterocycles. The number of benzene rings is 1. The van der Waals surface area contributed by atoms with Crippen LogP contribution in [0.2, 0.25) is 0 Å². The Balaban J connectivity index is 2.10. The number of anilines is 1. The Labute approximate surface area is 112 Å². The van der Waals surface area contributed by atoms with Crippen LogP contribution in [0, 0.1) is 5.82 Å². The zero-order chi connectivity index (χ0) is 14.0. The number of ether oxygens (including phenoxy) is 1. The minimum Gasteiger partial charge on any atom is -0.497 e. The molecule has 0 bridgehead atoms. The lowest BCUT2D eigenvalue weighted by Gasteiger charge is -2.21. The molecular formula is C14H19FN2O2. The van der Waals surface area contributed by atoms with Crippen LogP contribution in [0.1, 0.15) is 20.3 Å². The maximum absolute atomic E-state index is 13.4. The number of nitrogens with one attached hydrogen (secondary N) is 1. The van der Waals surface area contributed by atoms with Crippen molar-refractivity contribution in [1.82, 2.24) is 4.90 Å². The van der Waals surface area contributed by atoms with E-state index in [0.717, 1.165) is 13.0 Å². The first-order chi connectivity index (χ1) is 9.01. The lowest BCUT2D eigenvalue weighted by atomic mass is 10.2. The van der Waals surface area contributed by atoms with E-state index in [2.05, 4.69) is 5.32 Å². The normalized spacial score (nSPS) is 19.1. The molecular weight excluding hydrogens is 247 g/mol. The summed E-state index contributed by atoms with van der Waals surface area (Å²) in [6.45, 7) is 4.72. The van der Waals surface area contributed by atoms with Gasteiger partial charge in [-0.25, -0.2) is 4.39 Å². The maximum Gasteiger partial charge on any atom is 0.245 e. The summed E-state index contributed by atoms with van der Waals surface area (Å²) in [7, 11) is 1.49. The number of methoxy groups -OCH3 is 1. The highest BCUT2D eigenvalue weighted by molar-refractivity contribution is 5.87. The quantitative estimate of drug-likeness (QED) is 0.909. The highest BCUT2D eigenvalue weighted by Gasteiger charge is 2.32. The van der Waals surface area contributed by atoms with E-state index in [1.54, 1.807) is 6.07 Å². The number of nitrogens with zero attached hydrogens (tertiary/aromatic N) is 1. The van der Waals surface area contributed by atoms with Gasteiger partial charge in [-0.2, -0.15) is 0 Å². The van der Waals surface area contributed by atoms with Crippen LogP contribution in [-0.2, 0) is 4.79 Å². The van der Waals surface area contributed by atoms with Gasteiger partial charge in [0.05, 0.1) is 7.11 Å². The van der Waals surface area contributed by atoms with Gasteiger partial charge in [0.15, 0.2) is 0 Å². The van der Waals surface area contributed by atoms with Gasteiger partial charge in [-0.05, 0) is 26.3 Å². The lowest BCUT2D eigenvalue weighted by Crippen LogP contribution is -2.37. The number of halogens is 1. The molecule has 1 aromatic carbocycles. The lowest BCUT2D eigenvalue weighted by molar-refractivity contribution is -0.129. The first-order valence-electron chi connectivity index (χ1n) is 6.43. The van der Waals surface area contributed by atoms with Crippen LogP contribution in [-0.4, -0.2) is 36.5 Å². The van der Waals surface area contributed by atoms with Gasteiger partial charge in [-0.15, -0.1) is 0 Å². The number of carbonyl (C=O) groups excluding carboxylic acids is 1. The molecule has 104 valence electrons. The van der Waals surface area contributed by atoms with Crippen molar-refractivity contribution in [3.8, 4) is 5.75 Å². The summed E-state index contributed by atoms with van der Waals surface area (Å²) in [6.07, 6.45) is 0.732. The van der Waals surface area contributed by atoms with E-state index in [1.807, 2.05) is 18.7 Å². The second-order valence-electron chi connectivity index (χ2n) is 4.99. The highest BCUT2D eigenvalue weighted by Crippen LogP contribution is 2.23. The number of hydrogen-bond acceptors (Lipinski definition) is 3. The number of likely N-dealkylation sites (tertiary alicyclic amines) is 1. The van der Waals surface area contributed by atoms with Crippen molar-refractivity contribution in [1.29, 1.82) is 0 Å². The van der Waals surface area contributed by atoms with Gasteiger partial charge in [0.1, 0.15) is 17.6 Å². The van der Waals surface area contributed by atoms with Crippen molar-refractivity contribution in [3.63, 3.8) is 0 Å². The largest absolute Gasteiger partial charge is 0.497 e. The van der Waals surface area contributed by atoms with E-state index in [0.29, 0.717) is 11.4 Å². The molecule has 1 aliphatic heterocycles. The molecule has 0 unspecified atom stereocenters. The van der Waals surface area contributed by atoms with Gasteiger partial charge in [-0.1, -0.05) is 0 Å². The topological polar surface area (TPSA) is 41.6 Å². The number of hydrogen-bond donors (Lipinski definition) is 1. The van der Waals surface area contributed by atoms with Crippen molar-refractivity contribution in [2.24, 2.45) is 0 Å². The first kappa shape index (κ1) is 13.6. The number of carbonyl (C=O) groups is 1. The molecule has 1 aromatic rings. The molecule has 1 aliphatic rings. The van der Waals surface area contributed by atoms with Crippen LogP contribution >= 0.6 is 0 Å². The highest BCUT2D eigenvalue weighted by atomic mass is 19.1. The second-order valence-corrected chi connectivity index (χ2v) is 4.99. The molecule has 19 heavy (non-hydrogen) atoms. The smallest absolute Gasteiger partial charge is 0.245 e. The summed E-state index contributed by atoms with van der Waals surface area (Å²) in [6, 6.07) is 4.28. The molecule has 1 fully saturated rings. The van der Waals surface area contributed by atoms with Crippen molar-refractivity contribution in [2.75, 3.05) is 19.0 Å². The zero-order valence-corrected chi connectivity index (χ0v) is 11.4. The Bertz CT molecular complexity index is 477. The monoisotopic (exact) mass is 266 g/mol. The minimum absolute atomic E-state index is 0.0678. The molecule has 1 N–H and O–H groups in total. The number of amides is 1. The second kappa shape index (κ2) is 5.47. The molecule has 0 aromatic heterocycles. The summed E-state index contributed by atoms with van der Waals surface area (Å²) in [5.74, 6) is 0.125. The zero-order valence-electron chi connectivity index (χ0n) is 11.4. The van der Waals surface area contributed by atoms with Gasteiger partial charge in [0.2, 0.25) is 5.91 Å². The van der Waals surface area contributed by atoms with Crippen LogP contribution in [0.15, 0.2) is 18.2 Å². The molecule has 0 saturated carbocycles. The Morgan fingerprint density at radius 2 is 2.16 bits per heavy atom. The van der Waals surface area contributed by atoms with Gasteiger partial charge in [0, 0.05) is 30.4 Å². The third kappa shape index (κ3) is 2.97. The van der Waals surface area contributed by atoms with Gasteiger partial charge < -0.3 is 15.0 Å². The third-order valence-corrected chi connectivity index (χ3v) is 3.31. The van der Waals surface area contributed by atoms with Crippen molar-refractivity contribution in [3.05, 3.63) is 24.0 Å². The molecule has 1 amide bonds. The minimum atomic E-state index is -0.381. The van der Waals surface area contributed by atoms with Crippen LogP contribution in [0.25, 0.3) is 0 Å². The summed E-state index contributed by atoms with van der Waals surface area (Å²) >= 11 is 0. The van der Waals surface area contributed by atoms with Crippen LogP contribution in [0.4, 0.5) is 10.1 Å². The molecule has 2 rings (SSSR count). The first-order valence-corrected chi connectivity index (χ1v) is 6.43. The van der Waals surface area contributed by atoms with E-state index in [4.69, 9.17) is 4.74 Å². The average Bonchev–Trinajstić information content (AvgIpc) is 2.70. The van der Waals surface area contributed by atoms with Gasteiger partial charge >= 0.3 is 0 Å². The fourth-order valence-corrected chi connectivity index (χ4v) is 2.31. The predicted molar refractivity (Wildman–Crippen MR) is 71.8 cm³/mol. The van der Waals surface area contributed by atoms with E-state index in [-0.39, 0.29) is 23.8 Å². The average molecular weight is 266 g/mol. The van der Waals surface area contributed by atoms with E-state index >= 15 is 0 Å². The summed E-state index contributed by atoms with van der Waals surface area (Å²) in [5.41, 5.74) is 0.570. The summed E-state index contributed by atoms with van der Waals surface area (Å²) in [4.78, 5) is 14.0. The Kier molecular flexibility index (Phi) is 3.93. The van der Waals surface area contributed by atoms with Crippen LogP contribution in [0.3, 0.4) is 0 Å². The fourth-order valence-electron chi connectivity index (χ4n) is 2.31. The van der Waals surface area contributed by atoms with Gasteiger partial charge in [-0.3, -0.25) is 4.79 Å². The fraction of sp³-hybridized carbons (Fsp3) is 0.500. The Morgan fingerprint density at radius 3 is 2.74 bits per heavy atom. The SMILES string of the molecule is COc1cc(F)cc(N[C@H]2CCN(C(C)C)C2=O)c1. The molecule has 0 radical (unpaired) electrons. The Hall–Kier alpha value is -1.78. The van der Waals surface area contributed by atoms with Crippen molar-refractivity contribution in [2.45, 2.75) is 32.4 Å². The van der Waals surface area contributed by atoms with E-state index in [9.17, 15) is 9.18 Å².